The molecule has 92 valence electrons. The van der Waals surface area contributed by atoms with Crippen LogP contribution in [0.4, 0.5) is 5.69 Å². The highest BCUT2D eigenvalue weighted by Crippen LogP contribution is 2.25. The van der Waals surface area contributed by atoms with Gasteiger partial charge in [-0.1, -0.05) is 24.3 Å². The number of benzene rings is 1. The van der Waals surface area contributed by atoms with E-state index in [4.69, 9.17) is 5.11 Å². The normalized spacial score (nSPS) is 17.9. The zero-order chi connectivity index (χ0) is 12.1. The minimum Gasteiger partial charge on any atom is -0.395 e. The van der Waals surface area contributed by atoms with Crippen molar-refractivity contribution in [2.24, 2.45) is 0 Å². The lowest BCUT2D eigenvalue weighted by Gasteiger charge is -2.23. The van der Waals surface area contributed by atoms with Gasteiger partial charge in [-0.3, -0.25) is 4.90 Å². The lowest BCUT2D eigenvalue weighted by molar-refractivity contribution is 0.204. The Morgan fingerprint density at radius 2 is 2.29 bits per heavy atom. The van der Waals surface area contributed by atoms with Gasteiger partial charge in [-0.05, 0) is 18.1 Å². The van der Waals surface area contributed by atoms with E-state index in [-0.39, 0.29) is 6.61 Å². The van der Waals surface area contributed by atoms with Crippen LogP contribution in [-0.2, 0) is 6.42 Å². The van der Waals surface area contributed by atoms with Gasteiger partial charge >= 0.3 is 0 Å². The largest absolute Gasteiger partial charge is 0.395 e. The van der Waals surface area contributed by atoms with Crippen molar-refractivity contribution in [2.45, 2.75) is 12.5 Å². The van der Waals surface area contributed by atoms with Crippen molar-refractivity contribution in [3.05, 3.63) is 42.5 Å². The predicted octanol–water partition coefficient (Wildman–Crippen LogP) is 1.50. The Morgan fingerprint density at radius 1 is 1.47 bits per heavy atom. The van der Waals surface area contributed by atoms with Crippen LogP contribution in [0.25, 0.3) is 0 Å². The van der Waals surface area contributed by atoms with E-state index < -0.39 is 0 Å². The molecular weight excluding hydrogens is 212 g/mol. The molecule has 1 unspecified atom stereocenters. The second-order valence-electron chi connectivity index (χ2n) is 4.47. The monoisotopic (exact) mass is 232 g/mol. The molecule has 0 saturated heterocycles. The third-order valence-electron chi connectivity index (χ3n) is 3.13. The standard InChI is InChI=1S/C14H20N2O/c1-2-7-16(8-9-17)11-13-10-12-5-3-4-6-14(12)15-13/h2-6,13,15,17H,1,7-11H2. The van der Waals surface area contributed by atoms with Crippen molar-refractivity contribution >= 4 is 5.69 Å². The van der Waals surface area contributed by atoms with Crippen LogP contribution < -0.4 is 5.32 Å². The fraction of sp³-hybridized carbons (Fsp3) is 0.429. The fourth-order valence-electron chi connectivity index (χ4n) is 2.38. The summed E-state index contributed by atoms with van der Waals surface area (Å²) in [5, 5.41) is 12.5. The van der Waals surface area contributed by atoms with Crippen LogP contribution in [0.3, 0.4) is 0 Å². The Hall–Kier alpha value is -1.32. The van der Waals surface area contributed by atoms with Crippen molar-refractivity contribution < 1.29 is 5.11 Å². The molecular formula is C14H20N2O. The molecule has 0 aliphatic carbocycles. The summed E-state index contributed by atoms with van der Waals surface area (Å²) in [6.45, 7) is 6.44. The van der Waals surface area contributed by atoms with Crippen LogP contribution >= 0.6 is 0 Å². The number of hydrogen-bond acceptors (Lipinski definition) is 3. The minimum absolute atomic E-state index is 0.202. The molecule has 0 radical (unpaired) electrons. The molecule has 1 heterocycles. The topological polar surface area (TPSA) is 35.5 Å². The van der Waals surface area contributed by atoms with Crippen molar-refractivity contribution in [1.29, 1.82) is 0 Å². The van der Waals surface area contributed by atoms with Crippen molar-refractivity contribution in [2.75, 3.05) is 31.6 Å². The lowest BCUT2D eigenvalue weighted by Crippen LogP contribution is -2.37. The SMILES string of the molecule is C=CCN(CCO)CC1Cc2ccccc2N1. The molecule has 0 bridgehead atoms. The Bertz CT molecular complexity index is 353. The first-order valence-corrected chi connectivity index (χ1v) is 6.12. The molecule has 1 aromatic carbocycles. The molecule has 1 aromatic rings. The second-order valence-corrected chi connectivity index (χ2v) is 4.47. The Morgan fingerprint density at radius 3 is 3.00 bits per heavy atom. The molecule has 0 fully saturated rings. The van der Waals surface area contributed by atoms with Crippen LogP contribution in [0.2, 0.25) is 0 Å². The number of aliphatic hydroxyl groups excluding tert-OH is 1. The smallest absolute Gasteiger partial charge is 0.0558 e. The summed E-state index contributed by atoms with van der Waals surface area (Å²) >= 11 is 0. The van der Waals surface area contributed by atoms with E-state index in [0.717, 1.165) is 19.5 Å². The first-order chi connectivity index (χ1) is 8.33. The Labute approximate surface area is 103 Å². The molecule has 1 aliphatic rings. The second kappa shape index (κ2) is 5.84. The van der Waals surface area contributed by atoms with Gasteiger partial charge in [-0.15, -0.1) is 6.58 Å². The Kier molecular flexibility index (Phi) is 4.18. The van der Waals surface area contributed by atoms with E-state index in [0.29, 0.717) is 12.6 Å². The fourth-order valence-corrected chi connectivity index (χ4v) is 2.38. The highest BCUT2D eigenvalue weighted by molar-refractivity contribution is 5.56. The summed E-state index contributed by atoms with van der Waals surface area (Å²) in [5.41, 5.74) is 2.64. The molecule has 1 atom stereocenters. The number of aliphatic hydroxyl groups is 1. The molecule has 1 aliphatic heterocycles. The van der Waals surface area contributed by atoms with Crippen molar-refractivity contribution in [3.63, 3.8) is 0 Å². The van der Waals surface area contributed by atoms with E-state index in [1.54, 1.807) is 0 Å². The average molecular weight is 232 g/mol. The van der Waals surface area contributed by atoms with E-state index >= 15 is 0 Å². The van der Waals surface area contributed by atoms with Crippen LogP contribution in [0.1, 0.15) is 5.56 Å². The number of nitrogens with zero attached hydrogens (tertiary/aromatic N) is 1. The number of hydrogen-bond donors (Lipinski definition) is 2. The van der Waals surface area contributed by atoms with Gasteiger partial charge < -0.3 is 10.4 Å². The third-order valence-corrected chi connectivity index (χ3v) is 3.13. The van der Waals surface area contributed by atoms with Gasteiger partial charge in [-0.2, -0.15) is 0 Å². The molecule has 0 spiro atoms. The summed E-state index contributed by atoms with van der Waals surface area (Å²) in [6, 6.07) is 8.88. The van der Waals surface area contributed by atoms with E-state index in [9.17, 15) is 0 Å². The first-order valence-electron chi connectivity index (χ1n) is 6.12. The number of fused-ring (bicyclic) bond motifs is 1. The molecule has 17 heavy (non-hydrogen) atoms. The molecule has 2 N–H and O–H groups in total. The van der Waals surface area contributed by atoms with Crippen LogP contribution in [0.15, 0.2) is 36.9 Å². The average Bonchev–Trinajstić information content (AvgIpc) is 2.71. The summed E-state index contributed by atoms with van der Waals surface area (Å²) in [7, 11) is 0. The van der Waals surface area contributed by atoms with Crippen LogP contribution in [-0.4, -0.2) is 42.3 Å². The van der Waals surface area contributed by atoms with Gasteiger partial charge in [0.05, 0.1) is 6.61 Å². The van der Waals surface area contributed by atoms with Gasteiger partial charge in [0.25, 0.3) is 0 Å². The summed E-state index contributed by atoms with van der Waals surface area (Å²) in [4.78, 5) is 2.22. The molecule has 0 saturated carbocycles. The van der Waals surface area contributed by atoms with Crippen molar-refractivity contribution in [1.82, 2.24) is 4.90 Å². The third kappa shape index (κ3) is 3.08. The maximum absolute atomic E-state index is 9.01. The minimum atomic E-state index is 0.202. The van der Waals surface area contributed by atoms with Gasteiger partial charge in [0.2, 0.25) is 0 Å². The zero-order valence-corrected chi connectivity index (χ0v) is 10.1. The summed E-state index contributed by atoms with van der Waals surface area (Å²) < 4.78 is 0. The van der Waals surface area contributed by atoms with Crippen LogP contribution in [0.5, 0.6) is 0 Å². The van der Waals surface area contributed by atoms with Crippen molar-refractivity contribution in [3.8, 4) is 0 Å². The maximum atomic E-state index is 9.01. The number of anilines is 1. The van der Waals surface area contributed by atoms with Gasteiger partial charge in [0.15, 0.2) is 0 Å². The molecule has 3 nitrogen and oxygen atoms in total. The van der Waals surface area contributed by atoms with E-state index in [2.05, 4.69) is 41.1 Å². The number of rotatable bonds is 6. The summed E-state index contributed by atoms with van der Waals surface area (Å²) in [5.74, 6) is 0. The molecule has 0 amide bonds. The summed E-state index contributed by atoms with van der Waals surface area (Å²) in [6.07, 6.45) is 2.95. The van der Waals surface area contributed by atoms with Crippen LogP contribution in [0, 0.1) is 0 Å². The van der Waals surface area contributed by atoms with E-state index in [1.807, 2.05) is 6.08 Å². The highest BCUT2D eigenvalue weighted by Gasteiger charge is 2.21. The first kappa shape index (κ1) is 12.1. The van der Waals surface area contributed by atoms with Gasteiger partial charge in [0.1, 0.15) is 0 Å². The quantitative estimate of drug-likeness (QED) is 0.730. The van der Waals surface area contributed by atoms with Gasteiger partial charge in [-0.25, -0.2) is 0 Å². The Balaban J connectivity index is 1.91. The molecule has 3 heteroatoms. The van der Waals surface area contributed by atoms with Gasteiger partial charge in [0, 0.05) is 31.4 Å². The number of para-hydroxylation sites is 1. The molecule has 2 rings (SSSR count). The zero-order valence-electron chi connectivity index (χ0n) is 10.1. The molecule has 0 aromatic heterocycles. The highest BCUT2D eigenvalue weighted by atomic mass is 16.3. The lowest BCUT2D eigenvalue weighted by atomic mass is 10.1. The predicted molar refractivity (Wildman–Crippen MR) is 71.3 cm³/mol. The maximum Gasteiger partial charge on any atom is 0.0558 e. The number of nitrogens with one attached hydrogen (secondary N) is 1. The van der Waals surface area contributed by atoms with E-state index in [1.165, 1.54) is 11.3 Å².